The second kappa shape index (κ2) is 6.28. The van der Waals surface area contributed by atoms with Crippen molar-refractivity contribution in [1.29, 1.82) is 0 Å². The van der Waals surface area contributed by atoms with Gasteiger partial charge in [0.2, 0.25) is 0 Å². The minimum absolute atomic E-state index is 0.112. The van der Waals surface area contributed by atoms with Crippen LogP contribution in [0.4, 0.5) is 5.69 Å². The third kappa shape index (κ3) is 3.62. The van der Waals surface area contributed by atoms with Gasteiger partial charge in [0.25, 0.3) is 5.91 Å². The van der Waals surface area contributed by atoms with E-state index in [-0.39, 0.29) is 10.7 Å². The maximum Gasteiger partial charge on any atom is 0.269 e. The minimum atomic E-state index is -0.112. The molecule has 0 radical (unpaired) electrons. The van der Waals surface area contributed by atoms with Crippen LogP contribution in [-0.4, -0.2) is 28.4 Å². The normalized spacial score (nSPS) is 17.9. The van der Waals surface area contributed by atoms with E-state index in [1.165, 1.54) is 38.3 Å². The lowest BCUT2D eigenvalue weighted by atomic mass is 9.88. The fourth-order valence-electron chi connectivity index (χ4n) is 2.52. The van der Waals surface area contributed by atoms with Gasteiger partial charge in [0.15, 0.2) is 0 Å². The van der Waals surface area contributed by atoms with Crippen molar-refractivity contribution in [3.8, 4) is 0 Å². The zero-order valence-corrected chi connectivity index (χ0v) is 12.1. The lowest BCUT2D eigenvalue weighted by Gasteiger charge is -2.35. The first-order valence-corrected chi connectivity index (χ1v) is 7.93. The molecule has 0 bridgehead atoms. The maximum absolute atomic E-state index is 12.0. The molecule has 2 rings (SSSR count). The van der Waals surface area contributed by atoms with Gasteiger partial charge in [-0.2, -0.15) is 11.8 Å². The number of hydrogen-bond donors (Lipinski definition) is 2. The second-order valence-electron chi connectivity index (χ2n) is 5.11. The molecule has 1 amide bonds. The number of thioether (sulfide) groups is 1. The third-order valence-electron chi connectivity index (χ3n) is 3.79. The maximum atomic E-state index is 12.0. The number of aromatic nitrogens is 1. The average Bonchev–Trinajstić information content (AvgIpc) is 2.46. The highest BCUT2D eigenvalue weighted by Gasteiger charge is 2.31. The summed E-state index contributed by atoms with van der Waals surface area (Å²) >= 11 is 1.88. The molecule has 1 aliphatic carbocycles. The van der Waals surface area contributed by atoms with Crippen molar-refractivity contribution in [1.82, 2.24) is 10.3 Å². The number of anilines is 1. The number of carbonyl (C=O) groups excluding carboxylic acids is 1. The van der Waals surface area contributed by atoms with Gasteiger partial charge in [-0.05, 0) is 31.2 Å². The van der Waals surface area contributed by atoms with Crippen LogP contribution in [0.5, 0.6) is 0 Å². The topological polar surface area (TPSA) is 68.0 Å². The molecule has 0 aliphatic heterocycles. The Bertz CT molecular complexity index is 427. The third-order valence-corrected chi connectivity index (χ3v) is 5.21. The number of nitrogens with one attached hydrogen (secondary N) is 1. The fourth-order valence-corrected chi connectivity index (χ4v) is 3.43. The van der Waals surface area contributed by atoms with Crippen LogP contribution in [0, 0.1) is 0 Å². The summed E-state index contributed by atoms with van der Waals surface area (Å²) in [6.45, 7) is 0.721. The number of carbonyl (C=O) groups is 1. The van der Waals surface area contributed by atoms with E-state index in [9.17, 15) is 4.79 Å². The number of nitrogens with zero attached hydrogens (tertiary/aromatic N) is 1. The number of nitrogen functional groups attached to an aromatic ring is 1. The molecule has 0 unspecified atom stereocenters. The van der Waals surface area contributed by atoms with Crippen LogP contribution in [0.2, 0.25) is 0 Å². The smallest absolute Gasteiger partial charge is 0.269 e. The summed E-state index contributed by atoms with van der Waals surface area (Å²) in [5.41, 5.74) is 6.57. The molecule has 1 fully saturated rings. The number of amides is 1. The van der Waals surface area contributed by atoms with Crippen molar-refractivity contribution in [3.05, 3.63) is 24.0 Å². The van der Waals surface area contributed by atoms with Crippen LogP contribution in [0.3, 0.4) is 0 Å². The number of nitrogens with two attached hydrogens (primary N) is 1. The Balaban J connectivity index is 1.93. The highest BCUT2D eigenvalue weighted by atomic mass is 32.2. The van der Waals surface area contributed by atoms with E-state index < -0.39 is 0 Å². The van der Waals surface area contributed by atoms with E-state index in [1.807, 2.05) is 11.8 Å². The first-order chi connectivity index (χ1) is 9.15. The van der Waals surface area contributed by atoms with Crippen LogP contribution in [0.1, 0.15) is 42.6 Å². The lowest BCUT2D eigenvalue weighted by molar-refractivity contribution is 0.0942. The first-order valence-electron chi connectivity index (χ1n) is 6.70. The van der Waals surface area contributed by atoms with Gasteiger partial charge in [-0.25, -0.2) is 4.98 Å². The molecule has 0 spiro atoms. The van der Waals surface area contributed by atoms with Gasteiger partial charge in [-0.3, -0.25) is 4.79 Å². The molecule has 1 aliphatic rings. The lowest BCUT2D eigenvalue weighted by Crippen LogP contribution is -2.41. The van der Waals surface area contributed by atoms with Gasteiger partial charge in [0.1, 0.15) is 5.69 Å². The summed E-state index contributed by atoms with van der Waals surface area (Å²) < 4.78 is 0.210. The predicted octanol–water partition coefficient (Wildman–Crippen LogP) is 2.46. The summed E-state index contributed by atoms with van der Waals surface area (Å²) in [6, 6.07) is 3.37. The predicted molar refractivity (Wildman–Crippen MR) is 80.3 cm³/mol. The second-order valence-corrected chi connectivity index (χ2v) is 6.38. The van der Waals surface area contributed by atoms with Crippen molar-refractivity contribution < 1.29 is 4.79 Å². The number of rotatable bonds is 4. The van der Waals surface area contributed by atoms with E-state index in [0.29, 0.717) is 11.4 Å². The SMILES string of the molecule is CSC1(CNC(=O)c2ccc(N)cn2)CCCCC1. The quantitative estimate of drug-likeness (QED) is 0.888. The van der Waals surface area contributed by atoms with Gasteiger partial charge in [-0.15, -0.1) is 0 Å². The molecular weight excluding hydrogens is 258 g/mol. The number of hydrogen-bond acceptors (Lipinski definition) is 4. The van der Waals surface area contributed by atoms with Gasteiger partial charge >= 0.3 is 0 Å². The van der Waals surface area contributed by atoms with Crippen LogP contribution in [0.25, 0.3) is 0 Å². The summed E-state index contributed by atoms with van der Waals surface area (Å²) in [5, 5.41) is 3.02. The molecule has 5 heteroatoms. The molecule has 1 aromatic heterocycles. The van der Waals surface area contributed by atoms with E-state index >= 15 is 0 Å². The molecule has 1 aromatic rings. The monoisotopic (exact) mass is 279 g/mol. The Morgan fingerprint density at radius 2 is 2.16 bits per heavy atom. The molecule has 3 N–H and O–H groups in total. The largest absolute Gasteiger partial charge is 0.397 e. The molecular formula is C14H21N3OS. The van der Waals surface area contributed by atoms with Crippen molar-refractivity contribution in [3.63, 3.8) is 0 Å². The minimum Gasteiger partial charge on any atom is -0.397 e. The summed E-state index contributed by atoms with van der Waals surface area (Å²) in [7, 11) is 0. The number of pyridine rings is 1. The van der Waals surface area contributed by atoms with E-state index in [0.717, 1.165) is 6.54 Å². The highest BCUT2D eigenvalue weighted by Crippen LogP contribution is 2.37. The highest BCUT2D eigenvalue weighted by molar-refractivity contribution is 8.00. The van der Waals surface area contributed by atoms with Gasteiger partial charge < -0.3 is 11.1 Å². The van der Waals surface area contributed by atoms with Crippen molar-refractivity contribution in [2.24, 2.45) is 0 Å². The fraction of sp³-hybridized carbons (Fsp3) is 0.571. The van der Waals surface area contributed by atoms with Gasteiger partial charge in [0, 0.05) is 11.3 Å². The average molecular weight is 279 g/mol. The van der Waals surface area contributed by atoms with Gasteiger partial charge in [0.05, 0.1) is 11.9 Å². The zero-order chi connectivity index (χ0) is 13.7. The Morgan fingerprint density at radius 1 is 1.42 bits per heavy atom. The van der Waals surface area contributed by atoms with Crippen LogP contribution in [-0.2, 0) is 0 Å². The van der Waals surface area contributed by atoms with Crippen molar-refractivity contribution in [2.45, 2.75) is 36.9 Å². The molecule has 1 heterocycles. The first kappa shape index (κ1) is 14.2. The Kier molecular flexibility index (Phi) is 4.69. The summed E-state index contributed by atoms with van der Waals surface area (Å²) in [4.78, 5) is 16.1. The van der Waals surface area contributed by atoms with Crippen molar-refractivity contribution in [2.75, 3.05) is 18.5 Å². The van der Waals surface area contributed by atoms with E-state index in [1.54, 1.807) is 12.1 Å². The molecule has 1 saturated carbocycles. The molecule has 0 saturated heterocycles. The zero-order valence-electron chi connectivity index (χ0n) is 11.3. The Labute approximate surface area is 118 Å². The van der Waals surface area contributed by atoms with Crippen LogP contribution in [0.15, 0.2) is 18.3 Å². The summed E-state index contributed by atoms with van der Waals surface area (Å²) in [6.07, 6.45) is 9.86. The molecule has 0 atom stereocenters. The standard InChI is InChI=1S/C14H21N3OS/c1-19-14(7-3-2-4-8-14)10-17-13(18)12-6-5-11(15)9-16-12/h5-6,9H,2-4,7-8,10,15H2,1H3,(H,17,18). The van der Waals surface area contributed by atoms with E-state index in [2.05, 4.69) is 16.6 Å². The van der Waals surface area contributed by atoms with Crippen LogP contribution < -0.4 is 11.1 Å². The Morgan fingerprint density at radius 3 is 2.74 bits per heavy atom. The van der Waals surface area contributed by atoms with E-state index in [4.69, 9.17) is 5.73 Å². The molecule has 4 nitrogen and oxygen atoms in total. The Hall–Kier alpha value is -1.23. The molecule has 19 heavy (non-hydrogen) atoms. The van der Waals surface area contributed by atoms with Crippen LogP contribution >= 0.6 is 11.8 Å². The molecule has 0 aromatic carbocycles. The van der Waals surface area contributed by atoms with Crippen molar-refractivity contribution >= 4 is 23.4 Å². The summed E-state index contributed by atoms with van der Waals surface area (Å²) in [5.74, 6) is -0.112. The molecule has 104 valence electrons. The van der Waals surface area contributed by atoms with Gasteiger partial charge in [-0.1, -0.05) is 19.3 Å².